The first kappa shape index (κ1) is 16.0. The number of hydrogen-bond acceptors (Lipinski definition) is 3. The number of halogens is 3. The number of rotatable bonds is 5. The predicted octanol–water partition coefficient (Wildman–Crippen LogP) is 1.27. The third-order valence-electron chi connectivity index (χ3n) is 2.24. The van der Waals surface area contributed by atoms with Gasteiger partial charge in [0.2, 0.25) is 5.91 Å². The van der Waals surface area contributed by atoms with Gasteiger partial charge in [-0.3, -0.25) is 9.59 Å². The van der Waals surface area contributed by atoms with Gasteiger partial charge in [0.05, 0.1) is 11.3 Å². The molecule has 20 heavy (non-hydrogen) atoms. The molecule has 0 aliphatic rings. The second-order valence-electron chi connectivity index (χ2n) is 3.93. The summed E-state index contributed by atoms with van der Waals surface area (Å²) in [6, 6.07) is 5.79. The maximum Gasteiger partial charge on any atom is 0.397 e. The van der Waals surface area contributed by atoms with Gasteiger partial charge >= 0.3 is 6.18 Å². The number of para-hydroxylation sites is 1. The van der Waals surface area contributed by atoms with E-state index in [1.165, 1.54) is 24.3 Å². The molecule has 0 fully saturated rings. The van der Waals surface area contributed by atoms with Crippen LogP contribution in [0.1, 0.15) is 16.8 Å². The number of carbonyl (C=O) groups excluding carboxylic acids is 2. The van der Waals surface area contributed by atoms with Crippen LogP contribution in [0, 0.1) is 0 Å². The fraction of sp³-hybridized carbons (Fsp3) is 0.333. The maximum atomic E-state index is 12.1. The van der Waals surface area contributed by atoms with E-state index in [-0.39, 0.29) is 24.3 Å². The molecule has 0 saturated carbocycles. The zero-order valence-corrected chi connectivity index (χ0v) is 10.5. The zero-order valence-electron chi connectivity index (χ0n) is 10.5. The standard InChI is InChI=1S/C12H14F3N3O2/c13-12(14,15)7-10(19)18-9-4-2-1-3-8(9)11(20)17-6-5-16/h1-4H,5-7,16H2,(H,17,20)(H,18,19). The Morgan fingerprint density at radius 2 is 1.85 bits per heavy atom. The number of amides is 2. The van der Waals surface area contributed by atoms with Gasteiger partial charge in [-0.25, -0.2) is 0 Å². The van der Waals surface area contributed by atoms with Gasteiger partial charge in [-0.2, -0.15) is 13.2 Å². The molecule has 0 aliphatic heterocycles. The number of hydrogen-bond donors (Lipinski definition) is 3. The smallest absolute Gasteiger partial charge is 0.351 e. The van der Waals surface area contributed by atoms with Crippen molar-refractivity contribution in [2.24, 2.45) is 5.73 Å². The highest BCUT2D eigenvalue weighted by Gasteiger charge is 2.31. The lowest BCUT2D eigenvalue weighted by atomic mass is 10.1. The zero-order chi connectivity index (χ0) is 15.2. The van der Waals surface area contributed by atoms with Crippen molar-refractivity contribution in [2.75, 3.05) is 18.4 Å². The summed E-state index contributed by atoms with van der Waals surface area (Å²) in [4.78, 5) is 23.0. The van der Waals surface area contributed by atoms with E-state index in [0.717, 1.165) is 0 Å². The first-order chi connectivity index (χ1) is 9.33. The third kappa shape index (κ3) is 5.27. The second-order valence-corrected chi connectivity index (χ2v) is 3.93. The molecule has 4 N–H and O–H groups in total. The van der Waals surface area contributed by atoms with Crippen molar-refractivity contribution < 1.29 is 22.8 Å². The molecule has 0 bridgehead atoms. The van der Waals surface area contributed by atoms with Crippen molar-refractivity contribution in [1.82, 2.24) is 5.32 Å². The molecule has 8 heteroatoms. The summed E-state index contributed by atoms with van der Waals surface area (Å²) >= 11 is 0. The van der Waals surface area contributed by atoms with Gasteiger partial charge in [0, 0.05) is 13.1 Å². The summed E-state index contributed by atoms with van der Waals surface area (Å²) in [7, 11) is 0. The van der Waals surface area contributed by atoms with Crippen LogP contribution in [0.4, 0.5) is 18.9 Å². The van der Waals surface area contributed by atoms with Gasteiger partial charge in [0.1, 0.15) is 6.42 Å². The monoisotopic (exact) mass is 289 g/mol. The third-order valence-corrected chi connectivity index (χ3v) is 2.24. The van der Waals surface area contributed by atoms with Crippen LogP contribution in [0.15, 0.2) is 24.3 Å². The molecule has 0 spiro atoms. The molecule has 0 heterocycles. The van der Waals surface area contributed by atoms with Gasteiger partial charge < -0.3 is 16.4 Å². The number of benzene rings is 1. The first-order valence-corrected chi connectivity index (χ1v) is 5.77. The topological polar surface area (TPSA) is 84.2 Å². The van der Waals surface area contributed by atoms with Gasteiger partial charge in [-0.05, 0) is 12.1 Å². The molecular weight excluding hydrogens is 275 g/mol. The van der Waals surface area contributed by atoms with Crippen molar-refractivity contribution >= 4 is 17.5 Å². The van der Waals surface area contributed by atoms with Crippen LogP contribution >= 0.6 is 0 Å². The van der Waals surface area contributed by atoms with Crippen molar-refractivity contribution in [3.63, 3.8) is 0 Å². The molecular formula is C12H14F3N3O2. The van der Waals surface area contributed by atoms with E-state index in [9.17, 15) is 22.8 Å². The second kappa shape index (κ2) is 6.90. The van der Waals surface area contributed by atoms with Crippen LogP contribution < -0.4 is 16.4 Å². The summed E-state index contributed by atoms with van der Waals surface area (Å²) < 4.78 is 36.2. The molecule has 1 aromatic carbocycles. The summed E-state index contributed by atoms with van der Waals surface area (Å²) in [5.74, 6) is -1.74. The van der Waals surface area contributed by atoms with Crippen LogP contribution in [-0.2, 0) is 4.79 Å². The number of nitrogens with one attached hydrogen (secondary N) is 2. The van der Waals surface area contributed by atoms with E-state index >= 15 is 0 Å². The van der Waals surface area contributed by atoms with E-state index in [0.29, 0.717) is 0 Å². The fourth-order valence-electron chi connectivity index (χ4n) is 1.45. The molecule has 0 atom stereocenters. The quantitative estimate of drug-likeness (QED) is 0.763. The number of alkyl halides is 3. The van der Waals surface area contributed by atoms with Crippen LogP contribution in [0.25, 0.3) is 0 Å². The Hall–Kier alpha value is -2.09. The van der Waals surface area contributed by atoms with Crippen LogP contribution in [0.5, 0.6) is 0 Å². The summed E-state index contributed by atoms with van der Waals surface area (Å²) in [6.07, 6.45) is -6.20. The Kier molecular flexibility index (Phi) is 5.51. The lowest BCUT2D eigenvalue weighted by Gasteiger charge is -2.12. The predicted molar refractivity (Wildman–Crippen MR) is 67.1 cm³/mol. The molecule has 0 aliphatic carbocycles. The maximum absolute atomic E-state index is 12.1. The van der Waals surface area contributed by atoms with Crippen LogP contribution in [0.2, 0.25) is 0 Å². The van der Waals surface area contributed by atoms with E-state index < -0.39 is 24.4 Å². The lowest BCUT2D eigenvalue weighted by molar-refractivity contribution is -0.150. The fourth-order valence-corrected chi connectivity index (χ4v) is 1.45. The Bertz CT molecular complexity index is 489. The summed E-state index contributed by atoms with van der Waals surface area (Å²) in [5, 5.41) is 4.55. The number of anilines is 1. The van der Waals surface area contributed by atoms with Crippen LogP contribution in [0.3, 0.4) is 0 Å². The van der Waals surface area contributed by atoms with E-state index in [1.807, 2.05) is 0 Å². The van der Waals surface area contributed by atoms with Gasteiger partial charge in [-0.15, -0.1) is 0 Å². The molecule has 110 valence electrons. The average Bonchev–Trinajstić information content (AvgIpc) is 2.34. The molecule has 0 radical (unpaired) electrons. The largest absolute Gasteiger partial charge is 0.397 e. The minimum Gasteiger partial charge on any atom is -0.351 e. The van der Waals surface area contributed by atoms with Gasteiger partial charge in [0.25, 0.3) is 5.91 Å². The minimum atomic E-state index is -4.60. The lowest BCUT2D eigenvalue weighted by Crippen LogP contribution is -2.30. The van der Waals surface area contributed by atoms with Gasteiger partial charge in [-0.1, -0.05) is 12.1 Å². The minimum absolute atomic E-state index is 0.0243. The van der Waals surface area contributed by atoms with Crippen molar-refractivity contribution in [2.45, 2.75) is 12.6 Å². The number of nitrogens with two attached hydrogens (primary N) is 1. The SMILES string of the molecule is NCCNC(=O)c1ccccc1NC(=O)CC(F)(F)F. The molecule has 0 aromatic heterocycles. The highest BCUT2D eigenvalue weighted by molar-refractivity contribution is 6.03. The average molecular weight is 289 g/mol. The highest BCUT2D eigenvalue weighted by atomic mass is 19.4. The molecule has 0 saturated heterocycles. The summed E-state index contributed by atoms with van der Waals surface area (Å²) in [6.45, 7) is 0.456. The van der Waals surface area contributed by atoms with Crippen molar-refractivity contribution in [3.05, 3.63) is 29.8 Å². The Labute approximate surface area is 113 Å². The Balaban J connectivity index is 2.80. The molecule has 0 unspecified atom stereocenters. The van der Waals surface area contributed by atoms with E-state index in [2.05, 4.69) is 10.6 Å². The molecule has 1 aromatic rings. The van der Waals surface area contributed by atoms with Crippen LogP contribution in [-0.4, -0.2) is 31.1 Å². The molecule has 2 amide bonds. The van der Waals surface area contributed by atoms with Crippen molar-refractivity contribution in [3.8, 4) is 0 Å². The Morgan fingerprint density at radius 1 is 1.20 bits per heavy atom. The highest BCUT2D eigenvalue weighted by Crippen LogP contribution is 2.21. The summed E-state index contributed by atoms with van der Waals surface area (Å²) in [5.41, 5.74) is 5.34. The molecule has 5 nitrogen and oxygen atoms in total. The molecule has 1 rings (SSSR count). The van der Waals surface area contributed by atoms with E-state index in [1.54, 1.807) is 0 Å². The number of carbonyl (C=O) groups is 2. The van der Waals surface area contributed by atoms with E-state index in [4.69, 9.17) is 5.73 Å². The Morgan fingerprint density at radius 3 is 2.45 bits per heavy atom. The first-order valence-electron chi connectivity index (χ1n) is 5.77. The van der Waals surface area contributed by atoms with Gasteiger partial charge in [0.15, 0.2) is 0 Å². The normalized spacial score (nSPS) is 11.0. The van der Waals surface area contributed by atoms with Crippen molar-refractivity contribution in [1.29, 1.82) is 0 Å².